The number of carbonyl (C=O) groups is 3. The van der Waals surface area contributed by atoms with Gasteiger partial charge in [-0.1, -0.05) is 26.2 Å². The second-order valence-electron chi connectivity index (χ2n) is 9.46. The highest BCUT2D eigenvalue weighted by Crippen LogP contribution is 2.32. The Morgan fingerprint density at radius 3 is 2.27 bits per heavy atom. The molecule has 1 unspecified atom stereocenters. The Morgan fingerprint density at radius 1 is 1.13 bits per heavy atom. The molecule has 2 rings (SSSR count). The molecule has 30 heavy (non-hydrogen) atoms. The van der Waals surface area contributed by atoms with Crippen LogP contribution >= 0.6 is 0 Å². The van der Waals surface area contributed by atoms with Crippen LogP contribution in [0.25, 0.3) is 0 Å². The van der Waals surface area contributed by atoms with Crippen LogP contribution in [0.15, 0.2) is 11.3 Å². The zero-order valence-electron chi connectivity index (χ0n) is 19.8. The molecule has 1 heterocycles. The fourth-order valence-electron chi connectivity index (χ4n) is 4.83. The highest BCUT2D eigenvalue weighted by molar-refractivity contribution is 5.98. The maximum Gasteiger partial charge on any atom is 0.252 e. The van der Waals surface area contributed by atoms with E-state index >= 15 is 0 Å². The van der Waals surface area contributed by atoms with Gasteiger partial charge in [0.2, 0.25) is 11.8 Å². The molecule has 1 N–H and O–H groups in total. The molecule has 1 saturated carbocycles. The number of allylic oxidation sites excluding steroid dienone is 1. The van der Waals surface area contributed by atoms with Crippen LogP contribution < -0.4 is 5.32 Å². The van der Waals surface area contributed by atoms with Crippen molar-refractivity contribution in [1.29, 1.82) is 0 Å². The van der Waals surface area contributed by atoms with Gasteiger partial charge in [-0.05, 0) is 60.3 Å². The second kappa shape index (κ2) is 11.0. The van der Waals surface area contributed by atoms with Gasteiger partial charge in [0.25, 0.3) is 5.91 Å². The van der Waals surface area contributed by atoms with Gasteiger partial charge in [0, 0.05) is 42.4 Å². The lowest BCUT2D eigenvalue weighted by Gasteiger charge is -2.38. The summed E-state index contributed by atoms with van der Waals surface area (Å²) in [7, 11) is 0. The van der Waals surface area contributed by atoms with Crippen LogP contribution in [-0.2, 0) is 14.4 Å². The Bertz CT molecular complexity index is 655. The standard InChI is InChI=1S/C24H41N3O3/c1-7-8-13-26-18(6)21(24(30)27(16(2)3)17(4)5)14-19(23(26)29)15-22(28)25-20-11-9-10-12-20/h16-17,19-20H,7-15H2,1-6H3,(H,25,28). The monoisotopic (exact) mass is 419 g/mol. The number of rotatable bonds is 9. The van der Waals surface area contributed by atoms with E-state index in [2.05, 4.69) is 12.2 Å². The van der Waals surface area contributed by atoms with Gasteiger partial charge < -0.3 is 15.1 Å². The molecular weight excluding hydrogens is 378 g/mol. The van der Waals surface area contributed by atoms with Gasteiger partial charge in [-0.2, -0.15) is 0 Å². The molecule has 0 radical (unpaired) electrons. The van der Waals surface area contributed by atoms with Crippen molar-refractivity contribution in [2.24, 2.45) is 5.92 Å². The Kier molecular flexibility index (Phi) is 8.92. The molecule has 3 amide bonds. The van der Waals surface area contributed by atoms with Gasteiger partial charge in [0.05, 0.1) is 5.92 Å². The number of unbranched alkanes of at least 4 members (excludes halogenated alkanes) is 1. The van der Waals surface area contributed by atoms with Crippen molar-refractivity contribution in [2.75, 3.05) is 6.54 Å². The third kappa shape index (κ3) is 5.86. The first kappa shape index (κ1) is 24.4. The summed E-state index contributed by atoms with van der Waals surface area (Å²) >= 11 is 0. The van der Waals surface area contributed by atoms with Crippen molar-refractivity contribution in [3.05, 3.63) is 11.3 Å². The van der Waals surface area contributed by atoms with Crippen LogP contribution in [0, 0.1) is 5.92 Å². The summed E-state index contributed by atoms with van der Waals surface area (Å²) in [4.78, 5) is 42.9. The molecule has 0 bridgehead atoms. The minimum Gasteiger partial charge on any atom is -0.353 e. The topological polar surface area (TPSA) is 69.7 Å². The Hall–Kier alpha value is -1.85. The first-order chi connectivity index (χ1) is 14.2. The van der Waals surface area contributed by atoms with Gasteiger partial charge in [0.1, 0.15) is 0 Å². The minimum atomic E-state index is -0.466. The normalized spacial score (nSPS) is 20.5. The van der Waals surface area contributed by atoms with E-state index < -0.39 is 5.92 Å². The molecular formula is C24H41N3O3. The predicted octanol–water partition coefficient (Wildman–Crippen LogP) is 4.00. The quantitative estimate of drug-likeness (QED) is 0.614. The third-order valence-electron chi connectivity index (χ3n) is 6.40. The Morgan fingerprint density at radius 2 is 1.73 bits per heavy atom. The number of nitrogens with zero attached hydrogens (tertiary/aromatic N) is 2. The Labute approximate surface area is 182 Å². The van der Waals surface area contributed by atoms with E-state index in [9.17, 15) is 14.4 Å². The van der Waals surface area contributed by atoms with E-state index in [-0.39, 0.29) is 42.3 Å². The lowest BCUT2D eigenvalue weighted by atomic mass is 9.87. The zero-order valence-corrected chi connectivity index (χ0v) is 19.8. The van der Waals surface area contributed by atoms with Crippen LogP contribution in [0.1, 0.15) is 92.9 Å². The van der Waals surface area contributed by atoms with Gasteiger partial charge in [-0.25, -0.2) is 0 Å². The maximum absolute atomic E-state index is 13.5. The predicted molar refractivity (Wildman–Crippen MR) is 120 cm³/mol. The number of nitrogens with one attached hydrogen (secondary N) is 1. The lowest BCUT2D eigenvalue weighted by molar-refractivity contribution is -0.139. The second-order valence-corrected chi connectivity index (χ2v) is 9.46. The van der Waals surface area contributed by atoms with Crippen molar-refractivity contribution < 1.29 is 14.4 Å². The molecule has 0 spiro atoms. The number of carbonyl (C=O) groups excluding carboxylic acids is 3. The van der Waals surface area contributed by atoms with Gasteiger partial charge >= 0.3 is 0 Å². The van der Waals surface area contributed by atoms with Crippen LogP contribution in [-0.4, -0.2) is 52.2 Å². The van der Waals surface area contributed by atoms with Crippen molar-refractivity contribution in [3.8, 4) is 0 Å². The fourth-order valence-corrected chi connectivity index (χ4v) is 4.83. The van der Waals surface area contributed by atoms with Crippen molar-refractivity contribution in [1.82, 2.24) is 15.1 Å². The van der Waals surface area contributed by atoms with Gasteiger partial charge in [-0.15, -0.1) is 0 Å². The summed E-state index contributed by atoms with van der Waals surface area (Å²) in [6, 6.07) is 0.385. The lowest BCUT2D eigenvalue weighted by Crippen LogP contribution is -2.48. The minimum absolute atomic E-state index is 0.00676. The fraction of sp³-hybridized carbons (Fsp3) is 0.792. The summed E-state index contributed by atoms with van der Waals surface area (Å²) in [5.41, 5.74) is 1.45. The summed E-state index contributed by atoms with van der Waals surface area (Å²) < 4.78 is 0. The smallest absolute Gasteiger partial charge is 0.252 e. The van der Waals surface area contributed by atoms with Crippen LogP contribution in [0.4, 0.5) is 0 Å². The SMILES string of the molecule is CCCCN1C(=O)C(CC(=O)NC2CCCC2)CC(C(=O)N(C(C)C)C(C)C)=C1C. The average Bonchev–Trinajstić information content (AvgIpc) is 3.16. The molecule has 1 atom stereocenters. The average molecular weight is 420 g/mol. The van der Waals surface area contributed by atoms with E-state index in [0.29, 0.717) is 18.5 Å². The first-order valence-electron chi connectivity index (χ1n) is 11.8. The molecule has 0 aromatic heterocycles. The number of hydrogen-bond acceptors (Lipinski definition) is 3. The van der Waals surface area contributed by atoms with E-state index in [4.69, 9.17) is 0 Å². The molecule has 1 aliphatic carbocycles. The van der Waals surface area contributed by atoms with E-state index in [1.807, 2.05) is 39.5 Å². The summed E-state index contributed by atoms with van der Waals surface area (Å²) in [6.45, 7) is 12.6. The van der Waals surface area contributed by atoms with Crippen molar-refractivity contribution in [3.63, 3.8) is 0 Å². The summed E-state index contributed by atoms with van der Waals surface area (Å²) in [6.07, 6.45) is 6.70. The largest absolute Gasteiger partial charge is 0.353 e. The molecule has 170 valence electrons. The maximum atomic E-state index is 13.5. The molecule has 0 aromatic carbocycles. The molecule has 6 nitrogen and oxygen atoms in total. The van der Waals surface area contributed by atoms with Gasteiger partial charge in [0.15, 0.2) is 0 Å². The first-order valence-corrected chi connectivity index (χ1v) is 11.8. The number of hydrogen-bond donors (Lipinski definition) is 1. The highest BCUT2D eigenvalue weighted by Gasteiger charge is 2.38. The molecule has 0 aromatic rings. The van der Waals surface area contributed by atoms with Crippen molar-refractivity contribution >= 4 is 17.7 Å². The van der Waals surface area contributed by atoms with Gasteiger partial charge in [-0.3, -0.25) is 14.4 Å². The number of amides is 3. The van der Waals surface area contributed by atoms with Crippen molar-refractivity contribution in [2.45, 2.75) is 111 Å². The van der Waals surface area contributed by atoms with E-state index in [1.54, 1.807) is 4.90 Å². The zero-order chi connectivity index (χ0) is 22.4. The van der Waals surface area contributed by atoms with E-state index in [0.717, 1.165) is 44.2 Å². The third-order valence-corrected chi connectivity index (χ3v) is 6.40. The van der Waals surface area contributed by atoms with E-state index in [1.165, 1.54) is 0 Å². The molecule has 1 aliphatic heterocycles. The molecule has 6 heteroatoms. The Balaban J connectivity index is 2.25. The van der Waals surface area contributed by atoms with Crippen LogP contribution in [0.5, 0.6) is 0 Å². The highest BCUT2D eigenvalue weighted by atomic mass is 16.2. The summed E-state index contributed by atoms with van der Waals surface area (Å²) in [5.74, 6) is -0.550. The molecule has 2 aliphatic rings. The molecule has 0 saturated heterocycles. The molecule has 1 fully saturated rings. The van der Waals surface area contributed by atoms with Crippen LogP contribution in [0.3, 0.4) is 0 Å². The van der Waals surface area contributed by atoms with Crippen LogP contribution in [0.2, 0.25) is 0 Å². The summed E-state index contributed by atoms with van der Waals surface area (Å²) in [5, 5.41) is 3.10.